The van der Waals surface area contributed by atoms with Crippen molar-refractivity contribution in [3.63, 3.8) is 0 Å². The van der Waals surface area contributed by atoms with Crippen LogP contribution in [0.5, 0.6) is 5.75 Å². The number of piperidine rings is 1. The summed E-state index contributed by atoms with van der Waals surface area (Å²) < 4.78 is 5.75. The van der Waals surface area contributed by atoms with E-state index in [1.807, 2.05) is 26.0 Å². The molecule has 0 spiro atoms. The first-order valence-electron chi connectivity index (χ1n) is 7.83. The van der Waals surface area contributed by atoms with Gasteiger partial charge in [0.1, 0.15) is 18.5 Å². The topological polar surface area (TPSA) is 52.9 Å². The molecule has 1 aliphatic rings. The lowest BCUT2D eigenvalue weighted by molar-refractivity contribution is 0.0231. The molecule has 2 N–H and O–H groups in total. The van der Waals surface area contributed by atoms with Crippen LogP contribution in [0.4, 0.5) is 0 Å². The second-order valence-electron chi connectivity index (χ2n) is 6.06. The predicted molar refractivity (Wildman–Crippen MR) is 83.7 cm³/mol. The summed E-state index contributed by atoms with van der Waals surface area (Å²) in [5.74, 6) is 0.839. The molecule has 0 amide bonds. The minimum atomic E-state index is -0.530. The van der Waals surface area contributed by atoms with Crippen molar-refractivity contribution in [2.75, 3.05) is 26.3 Å². The third kappa shape index (κ3) is 4.70. The van der Waals surface area contributed by atoms with Gasteiger partial charge < -0.3 is 14.9 Å². The Morgan fingerprint density at radius 3 is 2.90 bits per heavy atom. The number of hydrogen-bond donors (Lipinski definition) is 2. The summed E-state index contributed by atoms with van der Waals surface area (Å²) in [4.78, 5) is 2.18. The van der Waals surface area contributed by atoms with E-state index in [9.17, 15) is 10.2 Å². The molecule has 2 unspecified atom stereocenters. The van der Waals surface area contributed by atoms with E-state index in [2.05, 4.69) is 11.0 Å². The Labute approximate surface area is 127 Å². The fourth-order valence-electron chi connectivity index (χ4n) is 2.88. The molecule has 1 aliphatic heterocycles. The standard InChI is InChI=1S/C17H27NO3/c1-13-6-7-14(2)17(9-13)21-12-16(20)10-18-8-4-3-5-15(18)11-19/h6-7,9,15-16,19-20H,3-5,8,10-12H2,1-2H3. The maximum absolute atomic E-state index is 10.2. The van der Waals surface area contributed by atoms with Gasteiger partial charge in [-0.3, -0.25) is 4.90 Å². The Morgan fingerprint density at radius 2 is 2.14 bits per heavy atom. The van der Waals surface area contributed by atoms with Crippen LogP contribution in [-0.2, 0) is 0 Å². The van der Waals surface area contributed by atoms with Crippen LogP contribution in [0.3, 0.4) is 0 Å². The molecule has 0 aromatic heterocycles. The molecule has 118 valence electrons. The van der Waals surface area contributed by atoms with Crippen LogP contribution >= 0.6 is 0 Å². The Morgan fingerprint density at radius 1 is 1.33 bits per heavy atom. The molecule has 2 rings (SSSR count). The summed E-state index contributed by atoms with van der Waals surface area (Å²) in [6.45, 7) is 6.02. The van der Waals surface area contributed by atoms with Crippen molar-refractivity contribution in [3.05, 3.63) is 29.3 Å². The fourth-order valence-corrected chi connectivity index (χ4v) is 2.88. The number of aliphatic hydroxyl groups excluding tert-OH is 2. The number of ether oxygens (including phenoxy) is 1. The van der Waals surface area contributed by atoms with Crippen LogP contribution in [0.1, 0.15) is 30.4 Å². The first kappa shape index (κ1) is 16.3. The zero-order valence-corrected chi connectivity index (χ0v) is 13.1. The summed E-state index contributed by atoms with van der Waals surface area (Å²) in [7, 11) is 0. The van der Waals surface area contributed by atoms with E-state index in [4.69, 9.17) is 4.74 Å². The maximum Gasteiger partial charge on any atom is 0.122 e. The number of likely N-dealkylation sites (tertiary alicyclic amines) is 1. The highest BCUT2D eigenvalue weighted by atomic mass is 16.5. The van der Waals surface area contributed by atoms with Gasteiger partial charge in [0.05, 0.1) is 6.61 Å². The van der Waals surface area contributed by atoms with Crippen LogP contribution in [0.15, 0.2) is 18.2 Å². The van der Waals surface area contributed by atoms with Gasteiger partial charge in [-0.05, 0) is 50.4 Å². The number of aryl methyl sites for hydroxylation is 2. The third-order valence-corrected chi connectivity index (χ3v) is 4.18. The van der Waals surface area contributed by atoms with Crippen molar-refractivity contribution in [3.8, 4) is 5.75 Å². The number of hydrogen-bond acceptors (Lipinski definition) is 4. The predicted octanol–water partition coefficient (Wildman–Crippen LogP) is 1.89. The van der Waals surface area contributed by atoms with Crippen molar-refractivity contribution < 1.29 is 14.9 Å². The second-order valence-corrected chi connectivity index (χ2v) is 6.06. The van der Waals surface area contributed by atoms with Crippen LogP contribution in [0.2, 0.25) is 0 Å². The van der Waals surface area contributed by atoms with Gasteiger partial charge in [-0.15, -0.1) is 0 Å². The summed E-state index contributed by atoms with van der Waals surface area (Å²) in [6, 6.07) is 6.27. The molecule has 1 aromatic carbocycles. The highest BCUT2D eigenvalue weighted by molar-refractivity contribution is 5.35. The Balaban J connectivity index is 1.84. The van der Waals surface area contributed by atoms with Crippen LogP contribution in [0.25, 0.3) is 0 Å². The molecule has 0 radical (unpaired) electrons. The molecule has 0 aliphatic carbocycles. The monoisotopic (exact) mass is 293 g/mol. The Kier molecular flexibility index (Phi) is 6.03. The molecule has 4 heteroatoms. The van der Waals surface area contributed by atoms with Crippen LogP contribution in [-0.4, -0.2) is 53.6 Å². The molecule has 1 aromatic rings. The minimum Gasteiger partial charge on any atom is -0.491 e. The van der Waals surface area contributed by atoms with Gasteiger partial charge in [0.25, 0.3) is 0 Å². The first-order valence-corrected chi connectivity index (χ1v) is 7.83. The zero-order chi connectivity index (χ0) is 15.2. The summed E-state index contributed by atoms with van der Waals surface area (Å²) in [5.41, 5.74) is 2.24. The molecule has 2 atom stereocenters. The summed E-state index contributed by atoms with van der Waals surface area (Å²) in [6.07, 6.45) is 2.79. The van der Waals surface area contributed by atoms with Crippen molar-refractivity contribution in [1.29, 1.82) is 0 Å². The van der Waals surface area contributed by atoms with Crippen LogP contribution < -0.4 is 4.74 Å². The first-order chi connectivity index (χ1) is 10.1. The molecular weight excluding hydrogens is 266 g/mol. The minimum absolute atomic E-state index is 0.171. The second kappa shape index (κ2) is 7.78. The molecule has 1 fully saturated rings. The fraction of sp³-hybridized carbons (Fsp3) is 0.647. The highest BCUT2D eigenvalue weighted by Gasteiger charge is 2.23. The Hall–Kier alpha value is -1.10. The SMILES string of the molecule is Cc1ccc(C)c(OCC(O)CN2CCCCC2CO)c1. The van der Waals surface area contributed by atoms with Crippen molar-refractivity contribution in [1.82, 2.24) is 4.90 Å². The molecule has 4 nitrogen and oxygen atoms in total. The lowest BCUT2D eigenvalue weighted by Gasteiger charge is -2.35. The van der Waals surface area contributed by atoms with Gasteiger partial charge in [0.2, 0.25) is 0 Å². The number of nitrogens with zero attached hydrogens (tertiary/aromatic N) is 1. The number of aliphatic hydroxyl groups is 2. The van der Waals surface area contributed by atoms with E-state index in [-0.39, 0.29) is 12.6 Å². The van der Waals surface area contributed by atoms with Gasteiger partial charge in [-0.2, -0.15) is 0 Å². The lowest BCUT2D eigenvalue weighted by Crippen LogP contribution is -2.46. The Bertz CT molecular complexity index is 450. The largest absolute Gasteiger partial charge is 0.491 e. The van der Waals surface area contributed by atoms with Crippen molar-refractivity contribution in [2.45, 2.75) is 45.3 Å². The number of β-amino-alcohol motifs (C(OH)–C–C–N with tert-alkyl or cyclic N) is 1. The maximum atomic E-state index is 10.2. The van der Waals surface area contributed by atoms with E-state index in [0.717, 1.165) is 42.7 Å². The van der Waals surface area contributed by atoms with E-state index >= 15 is 0 Å². The van der Waals surface area contributed by atoms with Crippen molar-refractivity contribution in [2.24, 2.45) is 0 Å². The lowest BCUT2D eigenvalue weighted by atomic mass is 10.0. The number of benzene rings is 1. The molecule has 0 bridgehead atoms. The van der Waals surface area contributed by atoms with Crippen LogP contribution in [0, 0.1) is 13.8 Å². The molecule has 1 heterocycles. The molecule has 1 saturated heterocycles. The molecular formula is C17H27NO3. The van der Waals surface area contributed by atoms with Gasteiger partial charge in [-0.1, -0.05) is 18.6 Å². The van der Waals surface area contributed by atoms with E-state index in [0.29, 0.717) is 13.2 Å². The zero-order valence-electron chi connectivity index (χ0n) is 13.1. The average Bonchev–Trinajstić information content (AvgIpc) is 2.49. The van der Waals surface area contributed by atoms with Crippen molar-refractivity contribution >= 4 is 0 Å². The summed E-state index contributed by atoms with van der Waals surface area (Å²) >= 11 is 0. The van der Waals surface area contributed by atoms with E-state index in [1.54, 1.807) is 0 Å². The van der Waals surface area contributed by atoms with E-state index in [1.165, 1.54) is 0 Å². The molecule has 0 saturated carbocycles. The normalized spacial score (nSPS) is 21.2. The third-order valence-electron chi connectivity index (χ3n) is 4.18. The van der Waals surface area contributed by atoms with Gasteiger partial charge in [0, 0.05) is 12.6 Å². The average molecular weight is 293 g/mol. The van der Waals surface area contributed by atoms with E-state index < -0.39 is 6.10 Å². The number of rotatable bonds is 6. The highest BCUT2D eigenvalue weighted by Crippen LogP contribution is 2.20. The molecule has 21 heavy (non-hydrogen) atoms. The summed E-state index contributed by atoms with van der Waals surface area (Å²) in [5, 5.41) is 19.6. The van der Waals surface area contributed by atoms with Gasteiger partial charge >= 0.3 is 0 Å². The van der Waals surface area contributed by atoms with Gasteiger partial charge in [0.15, 0.2) is 0 Å². The smallest absolute Gasteiger partial charge is 0.122 e. The quantitative estimate of drug-likeness (QED) is 0.841. The van der Waals surface area contributed by atoms with Gasteiger partial charge in [-0.25, -0.2) is 0 Å².